The number of hydrogen-bond donors (Lipinski definition) is 1. The van der Waals surface area contributed by atoms with Gasteiger partial charge in [0.25, 0.3) is 0 Å². The van der Waals surface area contributed by atoms with E-state index in [4.69, 9.17) is 11.6 Å². The van der Waals surface area contributed by atoms with Crippen molar-refractivity contribution >= 4 is 23.2 Å². The Morgan fingerprint density at radius 2 is 2.16 bits per heavy atom. The maximum atomic E-state index is 12.5. The van der Waals surface area contributed by atoms with Crippen LogP contribution in [-0.2, 0) is 4.79 Å². The highest BCUT2D eigenvalue weighted by Gasteiger charge is 2.30. The van der Waals surface area contributed by atoms with Gasteiger partial charge in [-0.05, 0) is 37.5 Å². The number of halogens is 1. The van der Waals surface area contributed by atoms with Gasteiger partial charge in [-0.25, -0.2) is 0 Å². The molecule has 0 bridgehead atoms. The fourth-order valence-corrected chi connectivity index (χ4v) is 2.71. The first-order valence-corrected chi connectivity index (χ1v) is 7.20. The molecular formula is C15H21ClN2O. The fraction of sp³-hybridized carbons (Fsp3) is 0.533. The third kappa shape index (κ3) is 3.28. The standard InChI is InChI=1S/C15H21ClN2O/c1-10(2)17-13-5-4-8-18(15(13)19)14-9-12(16)7-6-11(14)3/h6-7,9-10,13,17H,4-5,8H2,1-3H3. The predicted molar refractivity (Wildman–Crippen MR) is 79.8 cm³/mol. The minimum atomic E-state index is -0.0767. The number of anilines is 1. The van der Waals surface area contributed by atoms with Crippen molar-refractivity contribution in [1.82, 2.24) is 5.32 Å². The van der Waals surface area contributed by atoms with Crippen molar-refractivity contribution in [1.29, 1.82) is 0 Å². The van der Waals surface area contributed by atoms with Crippen molar-refractivity contribution < 1.29 is 4.79 Å². The number of piperidine rings is 1. The average molecular weight is 281 g/mol. The van der Waals surface area contributed by atoms with E-state index < -0.39 is 0 Å². The second kappa shape index (κ2) is 5.93. The normalized spacial score (nSPS) is 20.2. The van der Waals surface area contributed by atoms with Gasteiger partial charge in [-0.15, -0.1) is 0 Å². The SMILES string of the molecule is Cc1ccc(Cl)cc1N1CCCC(NC(C)C)C1=O. The number of carbonyl (C=O) groups excluding carboxylic acids is 1. The summed E-state index contributed by atoms with van der Waals surface area (Å²) in [5, 5.41) is 4.01. The molecule has 1 fully saturated rings. The lowest BCUT2D eigenvalue weighted by atomic mass is 10.0. The molecule has 0 aromatic heterocycles. The Kier molecular flexibility index (Phi) is 4.48. The van der Waals surface area contributed by atoms with Gasteiger partial charge in [0, 0.05) is 23.3 Å². The smallest absolute Gasteiger partial charge is 0.244 e. The fourth-order valence-electron chi connectivity index (χ4n) is 2.54. The van der Waals surface area contributed by atoms with E-state index in [2.05, 4.69) is 19.2 Å². The van der Waals surface area contributed by atoms with E-state index in [9.17, 15) is 4.79 Å². The summed E-state index contributed by atoms with van der Waals surface area (Å²) in [6, 6.07) is 5.94. The van der Waals surface area contributed by atoms with Crippen LogP contribution in [0.25, 0.3) is 0 Å². The summed E-state index contributed by atoms with van der Waals surface area (Å²) in [6.45, 7) is 6.92. The zero-order valence-corrected chi connectivity index (χ0v) is 12.5. The van der Waals surface area contributed by atoms with E-state index in [1.807, 2.05) is 30.0 Å². The highest BCUT2D eigenvalue weighted by atomic mass is 35.5. The van der Waals surface area contributed by atoms with Crippen LogP contribution in [-0.4, -0.2) is 24.5 Å². The minimum Gasteiger partial charge on any atom is -0.311 e. The third-order valence-corrected chi connectivity index (χ3v) is 3.67. The Morgan fingerprint density at radius 1 is 1.42 bits per heavy atom. The van der Waals surface area contributed by atoms with Crippen molar-refractivity contribution in [3.05, 3.63) is 28.8 Å². The van der Waals surface area contributed by atoms with Crippen LogP contribution in [0.3, 0.4) is 0 Å². The number of hydrogen-bond acceptors (Lipinski definition) is 2. The van der Waals surface area contributed by atoms with Crippen LogP contribution in [0.15, 0.2) is 18.2 Å². The maximum Gasteiger partial charge on any atom is 0.244 e. The monoisotopic (exact) mass is 280 g/mol. The van der Waals surface area contributed by atoms with Gasteiger partial charge in [0.15, 0.2) is 0 Å². The topological polar surface area (TPSA) is 32.3 Å². The number of nitrogens with zero attached hydrogens (tertiary/aromatic N) is 1. The molecule has 1 amide bonds. The van der Waals surface area contributed by atoms with E-state index in [-0.39, 0.29) is 11.9 Å². The van der Waals surface area contributed by atoms with Crippen molar-refractivity contribution in [3.63, 3.8) is 0 Å². The second-order valence-electron chi connectivity index (χ2n) is 5.44. The molecule has 1 heterocycles. The van der Waals surface area contributed by atoms with Gasteiger partial charge in [-0.1, -0.05) is 31.5 Å². The predicted octanol–water partition coefficient (Wildman–Crippen LogP) is 3.14. The van der Waals surface area contributed by atoms with Gasteiger partial charge < -0.3 is 10.2 Å². The number of aryl methyl sites for hydroxylation is 1. The summed E-state index contributed by atoms with van der Waals surface area (Å²) < 4.78 is 0. The van der Waals surface area contributed by atoms with Crippen molar-refractivity contribution in [2.75, 3.05) is 11.4 Å². The van der Waals surface area contributed by atoms with Crippen LogP contribution < -0.4 is 10.2 Å². The van der Waals surface area contributed by atoms with Gasteiger partial charge in [0.05, 0.1) is 6.04 Å². The van der Waals surface area contributed by atoms with E-state index in [1.165, 1.54) is 0 Å². The van der Waals surface area contributed by atoms with Crippen LogP contribution >= 0.6 is 11.6 Å². The number of carbonyl (C=O) groups is 1. The second-order valence-corrected chi connectivity index (χ2v) is 5.87. The lowest BCUT2D eigenvalue weighted by Gasteiger charge is -2.34. The van der Waals surface area contributed by atoms with E-state index >= 15 is 0 Å². The average Bonchev–Trinajstić information content (AvgIpc) is 2.35. The quantitative estimate of drug-likeness (QED) is 0.922. The largest absolute Gasteiger partial charge is 0.311 e. The van der Waals surface area contributed by atoms with Crippen molar-refractivity contribution in [2.24, 2.45) is 0 Å². The summed E-state index contributed by atoms with van der Waals surface area (Å²) in [5.74, 6) is 0.158. The van der Waals surface area contributed by atoms with Gasteiger partial charge in [-0.2, -0.15) is 0 Å². The Balaban J connectivity index is 2.24. The molecule has 3 nitrogen and oxygen atoms in total. The molecular weight excluding hydrogens is 260 g/mol. The molecule has 1 aromatic carbocycles. The van der Waals surface area contributed by atoms with Gasteiger partial charge >= 0.3 is 0 Å². The number of benzene rings is 1. The van der Waals surface area contributed by atoms with Crippen LogP contribution in [0.1, 0.15) is 32.3 Å². The van der Waals surface area contributed by atoms with Crippen LogP contribution in [0.4, 0.5) is 5.69 Å². The highest BCUT2D eigenvalue weighted by molar-refractivity contribution is 6.31. The van der Waals surface area contributed by atoms with Gasteiger partial charge in [0.1, 0.15) is 0 Å². The third-order valence-electron chi connectivity index (χ3n) is 3.44. The van der Waals surface area contributed by atoms with E-state index in [0.717, 1.165) is 30.6 Å². The lowest BCUT2D eigenvalue weighted by molar-refractivity contribution is -0.121. The van der Waals surface area contributed by atoms with Crippen LogP contribution in [0.2, 0.25) is 5.02 Å². The van der Waals surface area contributed by atoms with Gasteiger partial charge in [-0.3, -0.25) is 4.79 Å². The lowest BCUT2D eigenvalue weighted by Crippen LogP contribution is -2.52. The van der Waals surface area contributed by atoms with E-state index in [0.29, 0.717) is 11.1 Å². The molecule has 1 atom stereocenters. The first kappa shape index (κ1) is 14.4. The number of rotatable bonds is 3. The Labute approximate surface area is 119 Å². The molecule has 0 aliphatic carbocycles. The van der Waals surface area contributed by atoms with Crippen LogP contribution in [0.5, 0.6) is 0 Å². The molecule has 19 heavy (non-hydrogen) atoms. The summed E-state index contributed by atoms with van der Waals surface area (Å²) in [5.41, 5.74) is 2.02. The summed E-state index contributed by atoms with van der Waals surface area (Å²) in [6.07, 6.45) is 1.93. The van der Waals surface area contributed by atoms with Crippen molar-refractivity contribution in [2.45, 2.75) is 45.7 Å². The summed E-state index contributed by atoms with van der Waals surface area (Å²) in [4.78, 5) is 14.4. The first-order valence-electron chi connectivity index (χ1n) is 6.82. The maximum absolute atomic E-state index is 12.5. The molecule has 1 N–H and O–H groups in total. The highest BCUT2D eigenvalue weighted by Crippen LogP contribution is 2.27. The molecule has 4 heteroatoms. The zero-order valence-electron chi connectivity index (χ0n) is 11.7. The Morgan fingerprint density at radius 3 is 2.84 bits per heavy atom. The Bertz CT molecular complexity index is 473. The minimum absolute atomic E-state index is 0.0767. The molecule has 1 unspecified atom stereocenters. The Hall–Kier alpha value is -1.06. The van der Waals surface area contributed by atoms with Gasteiger partial charge in [0.2, 0.25) is 5.91 Å². The molecule has 0 spiro atoms. The zero-order chi connectivity index (χ0) is 14.0. The van der Waals surface area contributed by atoms with Crippen molar-refractivity contribution in [3.8, 4) is 0 Å². The molecule has 104 valence electrons. The molecule has 1 aliphatic rings. The molecule has 1 aliphatic heterocycles. The number of amides is 1. The summed E-state index contributed by atoms with van der Waals surface area (Å²) in [7, 11) is 0. The van der Waals surface area contributed by atoms with Crippen LogP contribution in [0, 0.1) is 6.92 Å². The number of nitrogens with one attached hydrogen (secondary N) is 1. The summed E-state index contributed by atoms with van der Waals surface area (Å²) >= 11 is 6.05. The first-order chi connectivity index (χ1) is 8.99. The van der Waals surface area contributed by atoms with E-state index in [1.54, 1.807) is 0 Å². The molecule has 0 radical (unpaired) electrons. The molecule has 0 saturated carbocycles. The molecule has 1 saturated heterocycles. The molecule has 2 rings (SSSR count). The molecule has 1 aromatic rings.